The van der Waals surface area contributed by atoms with Gasteiger partial charge in [-0.05, 0) is 49.9 Å². The molecule has 0 radical (unpaired) electrons. The van der Waals surface area contributed by atoms with Crippen molar-refractivity contribution in [3.8, 4) is 5.75 Å². The van der Waals surface area contributed by atoms with Gasteiger partial charge in [0.25, 0.3) is 0 Å². The molecule has 1 aliphatic rings. The van der Waals surface area contributed by atoms with E-state index in [0.717, 1.165) is 37.5 Å². The van der Waals surface area contributed by atoms with Crippen molar-refractivity contribution in [2.24, 2.45) is 0 Å². The van der Waals surface area contributed by atoms with E-state index in [1.807, 2.05) is 55.5 Å². The summed E-state index contributed by atoms with van der Waals surface area (Å²) in [5, 5.41) is 15.1. The van der Waals surface area contributed by atoms with Crippen LogP contribution in [0.4, 0.5) is 5.69 Å². The van der Waals surface area contributed by atoms with E-state index in [2.05, 4.69) is 16.3 Å². The van der Waals surface area contributed by atoms with Gasteiger partial charge < -0.3 is 24.9 Å². The largest absolute Gasteiger partial charge is 1.00 e. The Kier molecular flexibility index (Phi) is 8.83. The molecule has 0 aliphatic carbocycles. The molecule has 2 aromatic carbocycles. The number of aliphatic carboxylic acids is 1. The number of carboxylic acids is 1. The number of benzene rings is 2. The number of likely N-dealkylation sites (tertiary alicyclic amines) is 1. The first-order chi connectivity index (χ1) is 13.1. The SMILES string of the molecule is CCOc1ccccc1CCN1CCC(Nc2ccccc2)(C(=O)[O-])CC1.[Na+]. The Hall–Kier alpha value is -1.53. The molecule has 0 amide bonds. The van der Waals surface area contributed by atoms with E-state index in [9.17, 15) is 9.90 Å². The number of anilines is 1. The summed E-state index contributed by atoms with van der Waals surface area (Å²) in [4.78, 5) is 14.2. The molecule has 28 heavy (non-hydrogen) atoms. The molecule has 5 nitrogen and oxygen atoms in total. The number of carboxylic acid groups (broad SMARTS) is 1. The number of ether oxygens (including phenoxy) is 1. The summed E-state index contributed by atoms with van der Waals surface area (Å²) in [5.74, 6) is -0.0838. The van der Waals surface area contributed by atoms with Crippen molar-refractivity contribution < 1.29 is 44.2 Å². The van der Waals surface area contributed by atoms with Crippen LogP contribution in [-0.2, 0) is 11.2 Å². The maximum absolute atomic E-state index is 11.9. The average molecular weight is 390 g/mol. The molecule has 2 aromatic rings. The normalized spacial score (nSPS) is 16.0. The van der Waals surface area contributed by atoms with Crippen molar-refractivity contribution in [3.05, 3.63) is 60.2 Å². The van der Waals surface area contributed by atoms with Crippen molar-refractivity contribution >= 4 is 11.7 Å². The van der Waals surface area contributed by atoms with Crippen molar-refractivity contribution in [2.45, 2.75) is 31.7 Å². The van der Waals surface area contributed by atoms with Gasteiger partial charge in [0.1, 0.15) is 5.75 Å². The molecule has 1 aliphatic heterocycles. The van der Waals surface area contributed by atoms with Gasteiger partial charge >= 0.3 is 29.6 Å². The summed E-state index contributed by atoms with van der Waals surface area (Å²) in [5.41, 5.74) is 1.01. The van der Waals surface area contributed by atoms with Gasteiger partial charge in [-0.3, -0.25) is 0 Å². The van der Waals surface area contributed by atoms with Gasteiger partial charge in [0.15, 0.2) is 0 Å². The number of piperidine rings is 1. The molecule has 1 heterocycles. The van der Waals surface area contributed by atoms with Gasteiger partial charge in [-0.2, -0.15) is 0 Å². The average Bonchev–Trinajstić information content (AvgIpc) is 2.69. The van der Waals surface area contributed by atoms with Crippen LogP contribution in [0.15, 0.2) is 54.6 Å². The maximum Gasteiger partial charge on any atom is 1.00 e. The first-order valence-electron chi connectivity index (χ1n) is 9.61. The zero-order chi connectivity index (χ0) is 19.1. The monoisotopic (exact) mass is 390 g/mol. The van der Waals surface area contributed by atoms with Gasteiger partial charge in [0.2, 0.25) is 0 Å². The van der Waals surface area contributed by atoms with Crippen LogP contribution >= 0.6 is 0 Å². The first kappa shape index (κ1) is 22.8. The van der Waals surface area contributed by atoms with Crippen molar-refractivity contribution in [2.75, 3.05) is 31.6 Å². The van der Waals surface area contributed by atoms with E-state index in [1.165, 1.54) is 5.56 Å². The second-order valence-electron chi connectivity index (χ2n) is 6.99. The van der Waals surface area contributed by atoms with E-state index in [4.69, 9.17) is 4.74 Å². The quantitative estimate of drug-likeness (QED) is 0.606. The van der Waals surface area contributed by atoms with Crippen LogP contribution in [0.1, 0.15) is 25.3 Å². The van der Waals surface area contributed by atoms with Crippen LogP contribution in [0.2, 0.25) is 0 Å². The molecule has 0 aromatic heterocycles. The summed E-state index contributed by atoms with van der Waals surface area (Å²) in [6, 6.07) is 17.6. The van der Waals surface area contributed by atoms with Crippen LogP contribution < -0.4 is 44.7 Å². The number of hydrogen-bond acceptors (Lipinski definition) is 5. The molecule has 0 atom stereocenters. The third-order valence-electron chi connectivity index (χ3n) is 5.23. The minimum atomic E-state index is -1.02. The number of carbonyl (C=O) groups is 1. The zero-order valence-corrected chi connectivity index (χ0v) is 18.8. The number of rotatable bonds is 8. The topological polar surface area (TPSA) is 64.6 Å². The first-order valence-corrected chi connectivity index (χ1v) is 9.61. The molecule has 1 fully saturated rings. The zero-order valence-electron chi connectivity index (χ0n) is 16.8. The Balaban J connectivity index is 0.00000280. The Morgan fingerprint density at radius 1 is 1.11 bits per heavy atom. The summed E-state index contributed by atoms with van der Waals surface area (Å²) < 4.78 is 5.69. The van der Waals surface area contributed by atoms with Crippen molar-refractivity contribution in [1.29, 1.82) is 0 Å². The smallest absolute Gasteiger partial charge is 0.548 e. The second-order valence-corrected chi connectivity index (χ2v) is 6.99. The predicted molar refractivity (Wildman–Crippen MR) is 105 cm³/mol. The molecule has 0 saturated carbocycles. The van der Waals surface area contributed by atoms with Crippen molar-refractivity contribution in [1.82, 2.24) is 4.90 Å². The van der Waals surface area contributed by atoms with Crippen LogP contribution in [0, 0.1) is 0 Å². The molecule has 0 bridgehead atoms. The molecule has 1 saturated heterocycles. The van der Waals surface area contributed by atoms with Crippen LogP contribution in [-0.4, -0.2) is 42.6 Å². The second kappa shape index (κ2) is 10.9. The number of nitrogens with zero attached hydrogens (tertiary/aromatic N) is 1. The summed E-state index contributed by atoms with van der Waals surface area (Å²) in [6.07, 6.45) is 1.94. The van der Waals surface area contributed by atoms with Gasteiger partial charge in [0.05, 0.1) is 18.1 Å². The number of para-hydroxylation sites is 2. The Morgan fingerprint density at radius 2 is 1.75 bits per heavy atom. The van der Waals surface area contributed by atoms with E-state index in [0.29, 0.717) is 19.4 Å². The van der Waals surface area contributed by atoms with Gasteiger partial charge in [-0.15, -0.1) is 0 Å². The third-order valence-corrected chi connectivity index (χ3v) is 5.23. The van der Waals surface area contributed by atoms with E-state index >= 15 is 0 Å². The molecule has 144 valence electrons. The van der Waals surface area contributed by atoms with Gasteiger partial charge in [-0.25, -0.2) is 0 Å². The van der Waals surface area contributed by atoms with E-state index in [-0.39, 0.29) is 29.6 Å². The standard InChI is InChI=1S/C22H28N2O3.Na/c1-2-27-20-11-7-6-8-18(20)12-15-24-16-13-22(14-17-24,21(25)26)23-19-9-4-3-5-10-19;/h3-11,23H,2,12-17H2,1H3,(H,25,26);/q;+1/p-1. The fourth-order valence-electron chi connectivity index (χ4n) is 3.62. The van der Waals surface area contributed by atoms with E-state index < -0.39 is 11.5 Å². The number of nitrogens with one attached hydrogen (secondary N) is 1. The summed E-state index contributed by atoms with van der Waals surface area (Å²) in [6.45, 7) is 4.98. The van der Waals surface area contributed by atoms with Crippen LogP contribution in [0.3, 0.4) is 0 Å². The Morgan fingerprint density at radius 3 is 2.39 bits per heavy atom. The predicted octanol–water partition coefficient (Wildman–Crippen LogP) is -0.672. The summed E-state index contributed by atoms with van der Waals surface area (Å²) in [7, 11) is 0. The van der Waals surface area contributed by atoms with Gasteiger partial charge in [0, 0.05) is 25.3 Å². The van der Waals surface area contributed by atoms with Gasteiger partial charge in [-0.1, -0.05) is 36.4 Å². The Bertz CT molecular complexity index is 746. The fourth-order valence-corrected chi connectivity index (χ4v) is 3.62. The molecule has 1 N–H and O–H groups in total. The molecule has 3 rings (SSSR count). The molecule has 0 unspecified atom stereocenters. The fraction of sp³-hybridized carbons (Fsp3) is 0.409. The van der Waals surface area contributed by atoms with Crippen LogP contribution in [0.25, 0.3) is 0 Å². The molecular weight excluding hydrogens is 363 g/mol. The van der Waals surface area contributed by atoms with Crippen molar-refractivity contribution in [3.63, 3.8) is 0 Å². The van der Waals surface area contributed by atoms with Crippen LogP contribution in [0.5, 0.6) is 5.75 Å². The summed E-state index contributed by atoms with van der Waals surface area (Å²) >= 11 is 0. The third kappa shape index (κ3) is 5.74. The molecular formula is C22H27N2NaO3. The molecule has 6 heteroatoms. The Labute approximate surface area is 189 Å². The van der Waals surface area contributed by atoms with E-state index in [1.54, 1.807) is 0 Å². The molecule has 0 spiro atoms. The number of carbonyl (C=O) groups excluding carboxylic acids is 1. The minimum absolute atomic E-state index is 0. The number of hydrogen-bond donors (Lipinski definition) is 1. The maximum atomic E-state index is 11.9. The minimum Gasteiger partial charge on any atom is -0.548 e.